The average Bonchev–Trinajstić information content (AvgIpc) is 2.08. The molecule has 13 heavy (non-hydrogen) atoms. The number of benzene rings is 1. The summed E-state index contributed by atoms with van der Waals surface area (Å²) >= 11 is -2.50. The Kier molecular flexibility index (Phi) is 3.67. The molecule has 0 saturated carbocycles. The van der Waals surface area contributed by atoms with E-state index < -0.39 is 11.4 Å². The van der Waals surface area contributed by atoms with E-state index >= 15 is 0 Å². The van der Waals surface area contributed by atoms with Crippen molar-refractivity contribution in [3.63, 3.8) is 0 Å². The maximum absolute atomic E-state index is 10.1. The molecule has 0 aliphatic heterocycles. The van der Waals surface area contributed by atoms with Gasteiger partial charge in [-0.25, -0.2) is 4.21 Å². The lowest BCUT2D eigenvalue weighted by atomic mass is 10.1. The van der Waals surface area contributed by atoms with Crippen molar-refractivity contribution < 1.29 is 12.9 Å². The Morgan fingerprint density at radius 1 is 1.46 bits per heavy atom. The SMILES string of the molecule is C=CCc1ccc(OS(=O)[O-])cc1. The van der Waals surface area contributed by atoms with Crippen LogP contribution < -0.4 is 4.18 Å². The summed E-state index contributed by atoms with van der Waals surface area (Å²) < 4.78 is 24.7. The molecule has 0 bridgehead atoms. The van der Waals surface area contributed by atoms with Gasteiger partial charge >= 0.3 is 0 Å². The molecule has 3 nitrogen and oxygen atoms in total. The molecule has 1 aromatic carbocycles. The highest BCUT2D eigenvalue weighted by Gasteiger charge is 1.93. The van der Waals surface area contributed by atoms with E-state index in [2.05, 4.69) is 10.8 Å². The van der Waals surface area contributed by atoms with Gasteiger partial charge in [0.25, 0.3) is 0 Å². The maximum atomic E-state index is 10.1. The summed E-state index contributed by atoms with van der Waals surface area (Å²) in [5, 5.41) is 0. The first kappa shape index (κ1) is 9.95. The first-order valence-electron chi connectivity index (χ1n) is 3.70. The second-order valence-corrected chi connectivity index (χ2v) is 3.00. The van der Waals surface area contributed by atoms with Crippen LogP contribution >= 0.6 is 0 Å². The summed E-state index contributed by atoms with van der Waals surface area (Å²) in [5.41, 5.74) is 1.07. The van der Waals surface area contributed by atoms with Gasteiger partial charge in [-0.3, -0.25) is 0 Å². The molecule has 0 saturated heterocycles. The third-order valence-electron chi connectivity index (χ3n) is 1.47. The second-order valence-electron chi connectivity index (χ2n) is 2.42. The van der Waals surface area contributed by atoms with E-state index in [1.54, 1.807) is 30.3 Å². The maximum Gasteiger partial charge on any atom is 0.139 e. The van der Waals surface area contributed by atoms with Gasteiger partial charge in [0, 0.05) is 0 Å². The lowest BCUT2D eigenvalue weighted by molar-refractivity contribution is 0.440. The minimum atomic E-state index is -2.50. The van der Waals surface area contributed by atoms with E-state index in [4.69, 9.17) is 0 Å². The standard InChI is InChI=1S/C9H10O3S/c1-2-3-8-4-6-9(7-5-8)12-13(10)11/h2,4-7H,1,3H2,(H,10,11)/p-1. The zero-order valence-electron chi connectivity index (χ0n) is 6.93. The van der Waals surface area contributed by atoms with E-state index in [-0.39, 0.29) is 0 Å². The Bertz CT molecular complexity index is 305. The van der Waals surface area contributed by atoms with Crippen LogP contribution in [0.3, 0.4) is 0 Å². The molecule has 1 unspecified atom stereocenters. The number of rotatable bonds is 4. The normalized spacial score (nSPS) is 12.1. The molecule has 0 aliphatic rings. The molecule has 0 spiro atoms. The fraction of sp³-hybridized carbons (Fsp3) is 0.111. The van der Waals surface area contributed by atoms with Crippen molar-refractivity contribution >= 4 is 11.4 Å². The molecule has 0 fully saturated rings. The highest BCUT2D eigenvalue weighted by molar-refractivity contribution is 7.74. The van der Waals surface area contributed by atoms with Gasteiger partial charge in [-0.15, -0.1) is 6.58 Å². The predicted octanol–water partition coefficient (Wildman–Crippen LogP) is 1.59. The molecule has 70 valence electrons. The monoisotopic (exact) mass is 197 g/mol. The summed E-state index contributed by atoms with van der Waals surface area (Å²) in [6.45, 7) is 3.60. The van der Waals surface area contributed by atoms with Gasteiger partial charge < -0.3 is 8.74 Å². The molecule has 0 heterocycles. The molecular formula is C9H9O3S-. The van der Waals surface area contributed by atoms with Crippen molar-refractivity contribution in [2.45, 2.75) is 6.42 Å². The summed E-state index contributed by atoms with van der Waals surface area (Å²) in [5.74, 6) is 0.321. The van der Waals surface area contributed by atoms with Gasteiger partial charge in [-0.1, -0.05) is 18.2 Å². The summed E-state index contributed by atoms with van der Waals surface area (Å²) in [7, 11) is 0. The molecular weight excluding hydrogens is 188 g/mol. The predicted molar refractivity (Wildman–Crippen MR) is 49.9 cm³/mol. The van der Waals surface area contributed by atoms with Gasteiger partial charge in [-0.2, -0.15) is 0 Å². The van der Waals surface area contributed by atoms with Crippen LogP contribution in [-0.2, 0) is 17.8 Å². The quantitative estimate of drug-likeness (QED) is 0.544. The van der Waals surface area contributed by atoms with Crippen LogP contribution in [0.4, 0.5) is 0 Å². The lowest BCUT2D eigenvalue weighted by Crippen LogP contribution is -1.97. The molecule has 1 aromatic rings. The van der Waals surface area contributed by atoms with E-state index in [0.29, 0.717) is 5.75 Å². The third-order valence-corrected chi connectivity index (χ3v) is 1.80. The van der Waals surface area contributed by atoms with Crippen LogP contribution in [0.2, 0.25) is 0 Å². The van der Waals surface area contributed by atoms with Crippen LogP contribution in [0.1, 0.15) is 5.56 Å². The summed E-state index contributed by atoms with van der Waals surface area (Å²) in [6.07, 6.45) is 2.54. The molecule has 4 heteroatoms. The van der Waals surface area contributed by atoms with Gasteiger partial charge in [0.2, 0.25) is 0 Å². The minimum Gasteiger partial charge on any atom is -0.740 e. The number of allylic oxidation sites excluding steroid dienone is 1. The van der Waals surface area contributed by atoms with Crippen LogP contribution in [0.5, 0.6) is 5.75 Å². The lowest BCUT2D eigenvalue weighted by Gasteiger charge is -2.06. The first-order valence-corrected chi connectivity index (χ1v) is 4.70. The number of hydrogen-bond donors (Lipinski definition) is 0. The molecule has 0 amide bonds. The topological polar surface area (TPSA) is 49.4 Å². The largest absolute Gasteiger partial charge is 0.740 e. The fourth-order valence-corrected chi connectivity index (χ4v) is 1.19. The van der Waals surface area contributed by atoms with E-state index in [0.717, 1.165) is 12.0 Å². The first-order chi connectivity index (χ1) is 6.22. The Balaban J connectivity index is 2.69. The Labute approximate surface area is 79.5 Å². The Hall–Kier alpha value is -1.13. The van der Waals surface area contributed by atoms with E-state index in [9.17, 15) is 8.76 Å². The zero-order valence-corrected chi connectivity index (χ0v) is 7.75. The minimum absolute atomic E-state index is 0.321. The van der Waals surface area contributed by atoms with Gasteiger partial charge in [-0.05, 0) is 24.1 Å². The molecule has 0 aliphatic carbocycles. The molecule has 0 aromatic heterocycles. The zero-order chi connectivity index (χ0) is 9.68. The van der Waals surface area contributed by atoms with E-state index in [1.807, 2.05) is 0 Å². The van der Waals surface area contributed by atoms with Crippen molar-refractivity contribution in [3.05, 3.63) is 42.5 Å². The van der Waals surface area contributed by atoms with Crippen molar-refractivity contribution in [2.24, 2.45) is 0 Å². The van der Waals surface area contributed by atoms with Crippen molar-refractivity contribution in [1.82, 2.24) is 0 Å². The summed E-state index contributed by atoms with van der Waals surface area (Å²) in [6, 6.07) is 6.80. The van der Waals surface area contributed by atoms with Crippen molar-refractivity contribution in [2.75, 3.05) is 0 Å². The van der Waals surface area contributed by atoms with Crippen molar-refractivity contribution in [1.29, 1.82) is 0 Å². The molecule has 1 atom stereocenters. The highest BCUT2D eigenvalue weighted by atomic mass is 32.2. The van der Waals surface area contributed by atoms with E-state index in [1.165, 1.54) is 0 Å². The van der Waals surface area contributed by atoms with Crippen LogP contribution in [0.15, 0.2) is 36.9 Å². The van der Waals surface area contributed by atoms with Crippen molar-refractivity contribution in [3.8, 4) is 5.75 Å². The van der Waals surface area contributed by atoms with Gasteiger partial charge in [0.1, 0.15) is 17.1 Å². The van der Waals surface area contributed by atoms with Crippen LogP contribution in [-0.4, -0.2) is 8.76 Å². The summed E-state index contributed by atoms with van der Waals surface area (Å²) in [4.78, 5) is 0. The molecule has 0 N–H and O–H groups in total. The van der Waals surface area contributed by atoms with Gasteiger partial charge in [0.15, 0.2) is 0 Å². The van der Waals surface area contributed by atoms with Crippen LogP contribution in [0, 0.1) is 0 Å². The van der Waals surface area contributed by atoms with Gasteiger partial charge in [0.05, 0.1) is 0 Å². The number of hydrogen-bond acceptors (Lipinski definition) is 3. The molecule has 1 rings (SSSR count). The van der Waals surface area contributed by atoms with Crippen LogP contribution in [0.25, 0.3) is 0 Å². The Morgan fingerprint density at radius 3 is 2.54 bits per heavy atom. The Morgan fingerprint density at radius 2 is 2.08 bits per heavy atom. The average molecular weight is 197 g/mol. The highest BCUT2D eigenvalue weighted by Crippen LogP contribution is 2.13. The smallest absolute Gasteiger partial charge is 0.139 e. The molecule has 0 radical (unpaired) electrons. The second kappa shape index (κ2) is 4.79. The fourth-order valence-electron chi connectivity index (χ4n) is 0.926. The third kappa shape index (κ3) is 3.40.